The SMILES string of the molecule is CCCCOc1ccc2cc(S(=O)(=O)n3nc(C)cc3C)ccc2c1. The van der Waals surface area contributed by atoms with Crippen LogP contribution in [-0.2, 0) is 10.0 Å². The number of benzene rings is 2. The first-order valence-corrected chi connectivity index (χ1v) is 9.81. The summed E-state index contributed by atoms with van der Waals surface area (Å²) in [6, 6.07) is 12.5. The molecule has 0 saturated carbocycles. The largest absolute Gasteiger partial charge is 0.494 e. The molecule has 5 nitrogen and oxygen atoms in total. The monoisotopic (exact) mass is 358 g/mol. The summed E-state index contributed by atoms with van der Waals surface area (Å²) in [7, 11) is -3.69. The second-order valence-corrected chi connectivity index (χ2v) is 7.92. The highest BCUT2D eigenvalue weighted by molar-refractivity contribution is 7.89. The van der Waals surface area contributed by atoms with Crippen molar-refractivity contribution in [1.29, 1.82) is 0 Å². The Morgan fingerprint density at radius 2 is 1.76 bits per heavy atom. The van der Waals surface area contributed by atoms with Gasteiger partial charge in [-0.3, -0.25) is 0 Å². The van der Waals surface area contributed by atoms with E-state index < -0.39 is 10.0 Å². The zero-order valence-corrected chi connectivity index (χ0v) is 15.5. The molecule has 0 amide bonds. The van der Waals surface area contributed by atoms with Crippen LogP contribution in [0.5, 0.6) is 5.75 Å². The van der Waals surface area contributed by atoms with Gasteiger partial charge in [-0.25, -0.2) is 0 Å². The molecule has 0 unspecified atom stereocenters. The fourth-order valence-corrected chi connectivity index (χ4v) is 4.12. The van der Waals surface area contributed by atoms with E-state index in [9.17, 15) is 8.42 Å². The third kappa shape index (κ3) is 3.54. The van der Waals surface area contributed by atoms with E-state index in [2.05, 4.69) is 12.0 Å². The van der Waals surface area contributed by atoms with Crippen molar-refractivity contribution in [2.45, 2.75) is 38.5 Å². The molecular weight excluding hydrogens is 336 g/mol. The highest BCUT2D eigenvalue weighted by Crippen LogP contribution is 2.25. The van der Waals surface area contributed by atoms with Gasteiger partial charge in [0.05, 0.1) is 22.9 Å². The Bertz CT molecular complexity index is 1010. The molecule has 3 rings (SSSR count). The number of aromatic nitrogens is 2. The third-order valence-corrected chi connectivity index (χ3v) is 5.72. The summed E-state index contributed by atoms with van der Waals surface area (Å²) in [4.78, 5) is 0.228. The van der Waals surface area contributed by atoms with Gasteiger partial charge in [-0.05, 0) is 61.4 Å². The molecular formula is C19H22N2O3S. The van der Waals surface area contributed by atoms with Gasteiger partial charge in [0.15, 0.2) is 0 Å². The molecule has 6 heteroatoms. The quantitative estimate of drug-likeness (QED) is 0.623. The Morgan fingerprint density at radius 1 is 1.04 bits per heavy atom. The summed E-state index contributed by atoms with van der Waals surface area (Å²) >= 11 is 0. The number of fused-ring (bicyclic) bond motifs is 1. The van der Waals surface area contributed by atoms with Gasteiger partial charge < -0.3 is 4.74 Å². The van der Waals surface area contributed by atoms with Crippen LogP contribution >= 0.6 is 0 Å². The Morgan fingerprint density at radius 3 is 2.44 bits per heavy atom. The van der Waals surface area contributed by atoms with Crippen molar-refractivity contribution in [3.8, 4) is 5.75 Å². The van der Waals surface area contributed by atoms with Crippen LogP contribution in [0, 0.1) is 13.8 Å². The molecule has 0 fully saturated rings. The van der Waals surface area contributed by atoms with E-state index in [1.54, 1.807) is 38.1 Å². The van der Waals surface area contributed by atoms with E-state index in [1.807, 2.05) is 18.2 Å². The Balaban J connectivity index is 1.96. The minimum atomic E-state index is -3.69. The summed E-state index contributed by atoms with van der Waals surface area (Å²) in [6.07, 6.45) is 2.10. The smallest absolute Gasteiger partial charge is 0.283 e. The van der Waals surface area contributed by atoms with Crippen LogP contribution < -0.4 is 4.74 Å². The maximum atomic E-state index is 12.8. The molecule has 1 heterocycles. The molecule has 2 aromatic carbocycles. The fraction of sp³-hybridized carbons (Fsp3) is 0.316. The number of hydrogen-bond acceptors (Lipinski definition) is 4. The lowest BCUT2D eigenvalue weighted by molar-refractivity contribution is 0.310. The number of nitrogens with zero attached hydrogens (tertiary/aromatic N) is 2. The summed E-state index contributed by atoms with van der Waals surface area (Å²) in [6.45, 7) is 6.32. The second kappa shape index (κ2) is 6.88. The van der Waals surface area contributed by atoms with Crippen LogP contribution in [0.15, 0.2) is 47.4 Å². The Hall–Kier alpha value is -2.34. The highest BCUT2D eigenvalue weighted by atomic mass is 32.2. The third-order valence-electron chi connectivity index (χ3n) is 4.04. The molecule has 0 spiro atoms. The zero-order chi connectivity index (χ0) is 18.0. The summed E-state index contributed by atoms with van der Waals surface area (Å²) in [5.41, 5.74) is 1.27. The van der Waals surface area contributed by atoms with Crippen LogP contribution in [0.2, 0.25) is 0 Å². The predicted molar refractivity (Wildman–Crippen MR) is 98.6 cm³/mol. The number of rotatable bonds is 6. The molecule has 0 bridgehead atoms. The molecule has 0 aliphatic carbocycles. The first-order chi connectivity index (χ1) is 11.9. The van der Waals surface area contributed by atoms with Crippen molar-refractivity contribution in [2.24, 2.45) is 0 Å². The molecule has 0 radical (unpaired) electrons. The molecule has 132 valence electrons. The lowest BCUT2D eigenvalue weighted by Crippen LogP contribution is -2.16. The number of ether oxygens (including phenoxy) is 1. The zero-order valence-electron chi connectivity index (χ0n) is 14.7. The van der Waals surface area contributed by atoms with Crippen LogP contribution in [0.25, 0.3) is 10.8 Å². The summed E-state index contributed by atoms with van der Waals surface area (Å²) in [5.74, 6) is 0.801. The van der Waals surface area contributed by atoms with Gasteiger partial charge in [-0.2, -0.15) is 17.6 Å². The molecule has 0 aliphatic heterocycles. The number of aryl methyl sites for hydroxylation is 2. The van der Waals surface area contributed by atoms with E-state index >= 15 is 0 Å². The van der Waals surface area contributed by atoms with E-state index in [1.165, 1.54) is 0 Å². The van der Waals surface area contributed by atoms with Crippen LogP contribution in [0.4, 0.5) is 0 Å². The molecule has 0 aliphatic rings. The van der Waals surface area contributed by atoms with E-state index in [4.69, 9.17) is 4.74 Å². The van der Waals surface area contributed by atoms with Crippen molar-refractivity contribution < 1.29 is 13.2 Å². The van der Waals surface area contributed by atoms with Gasteiger partial charge in [0.2, 0.25) is 0 Å². The fourth-order valence-electron chi connectivity index (χ4n) is 2.74. The van der Waals surface area contributed by atoms with Gasteiger partial charge in [-0.15, -0.1) is 0 Å². The molecule has 0 atom stereocenters. The average molecular weight is 358 g/mol. The molecule has 1 aromatic heterocycles. The number of hydrogen-bond donors (Lipinski definition) is 0. The summed E-state index contributed by atoms with van der Waals surface area (Å²) in [5, 5.41) is 5.90. The molecule has 3 aromatic rings. The maximum absolute atomic E-state index is 12.8. The standard InChI is InChI=1S/C19H22N2O3S/c1-4-5-10-24-18-8-6-17-13-19(9-7-16(17)12-18)25(22,23)21-15(3)11-14(2)20-21/h6-9,11-13H,4-5,10H2,1-3H3. The van der Waals surface area contributed by atoms with Crippen LogP contribution in [0.3, 0.4) is 0 Å². The Kier molecular flexibility index (Phi) is 4.81. The molecule has 0 N–H and O–H groups in total. The maximum Gasteiger partial charge on any atom is 0.283 e. The van der Waals surface area contributed by atoms with Crippen molar-refractivity contribution >= 4 is 20.8 Å². The molecule has 0 saturated heterocycles. The first kappa shape index (κ1) is 17.5. The van der Waals surface area contributed by atoms with Gasteiger partial charge in [0.25, 0.3) is 10.0 Å². The van der Waals surface area contributed by atoms with Gasteiger partial charge in [0, 0.05) is 0 Å². The minimum Gasteiger partial charge on any atom is -0.494 e. The minimum absolute atomic E-state index is 0.228. The topological polar surface area (TPSA) is 61.2 Å². The predicted octanol–water partition coefficient (Wildman–Crippen LogP) is 4.07. The van der Waals surface area contributed by atoms with Crippen LogP contribution in [-0.4, -0.2) is 24.2 Å². The average Bonchev–Trinajstić information content (AvgIpc) is 2.93. The molecule has 25 heavy (non-hydrogen) atoms. The second-order valence-electron chi connectivity index (χ2n) is 6.15. The van der Waals surface area contributed by atoms with Crippen LogP contribution in [0.1, 0.15) is 31.2 Å². The van der Waals surface area contributed by atoms with Crippen molar-refractivity contribution in [3.63, 3.8) is 0 Å². The van der Waals surface area contributed by atoms with E-state index in [-0.39, 0.29) is 4.90 Å². The first-order valence-electron chi connectivity index (χ1n) is 8.37. The van der Waals surface area contributed by atoms with E-state index in [0.717, 1.165) is 33.5 Å². The lowest BCUT2D eigenvalue weighted by Gasteiger charge is -2.09. The highest BCUT2D eigenvalue weighted by Gasteiger charge is 2.20. The lowest BCUT2D eigenvalue weighted by atomic mass is 10.1. The Labute approximate surface area is 148 Å². The van der Waals surface area contributed by atoms with Crippen molar-refractivity contribution in [1.82, 2.24) is 9.19 Å². The van der Waals surface area contributed by atoms with Crippen molar-refractivity contribution in [3.05, 3.63) is 53.9 Å². The normalized spacial score (nSPS) is 11.8. The van der Waals surface area contributed by atoms with Gasteiger partial charge in [-0.1, -0.05) is 25.5 Å². The number of unbranched alkanes of at least 4 members (excludes halogenated alkanes) is 1. The van der Waals surface area contributed by atoms with E-state index in [0.29, 0.717) is 18.0 Å². The van der Waals surface area contributed by atoms with Gasteiger partial charge >= 0.3 is 0 Å². The summed E-state index contributed by atoms with van der Waals surface area (Å²) < 4.78 is 32.5. The van der Waals surface area contributed by atoms with Crippen molar-refractivity contribution in [2.75, 3.05) is 6.61 Å². The van der Waals surface area contributed by atoms with Gasteiger partial charge in [0.1, 0.15) is 5.75 Å².